The van der Waals surface area contributed by atoms with Gasteiger partial charge in [-0.1, -0.05) is 19.3 Å². The number of carboxylic acids is 1. The zero-order valence-corrected chi connectivity index (χ0v) is 11.9. The summed E-state index contributed by atoms with van der Waals surface area (Å²) < 4.78 is 22.3. The van der Waals surface area contributed by atoms with Crippen LogP contribution in [0.15, 0.2) is 0 Å². The van der Waals surface area contributed by atoms with Crippen molar-refractivity contribution >= 4 is 15.8 Å². The van der Waals surface area contributed by atoms with E-state index < -0.39 is 15.8 Å². The molecule has 1 saturated carbocycles. The number of sulfone groups is 1. The number of hydrogen-bond donors (Lipinski definition) is 1. The van der Waals surface area contributed by atoms with Gasteiger partial charge in [0, 0.05) is 18.8 Å². The van der Waals surface area contributed by atoms with Gasteiger partial charge >= 0.3 is 5.97 Å². The monoisotopic (exact) mass is 277 g/mol. The van der Waals surface area contributed by atoms with Crippen LogP contribution in [-0.4, -0.2) is 56.0 Å². The van der Waals surface area contributed by atoms with Crippen LogP contribution in [-0.2, 0) is 14.6 Å². The second-order valence-corrected chi connectivity index (χ2v) is 7.52. The minimum Gasteiger partial charge on any atom is -0.481 e. The van der Waals surface area contributed by atoms with Crippen molar-refractivity contribution in [2.75, 3.05) is 25.6 Å². The van der Waals surface area contributed by atoms with Gasteiger partial charge < -0.3 is 10.0 Å². The predicted octanol–water partition coefficient (Wildman–Crippen LogP) is 0.996. The van der Waals surface area contributed by atoms with Gasteiger partial charge in [-0.15, -0.1) is 0 Å². The molecule has 0 aliphatic heterocycles. The first kappa shape index (κ1) is 15.4. The molecule has 5 nitrogen and oxygen atoms in total. The molecule has 1 aliphatic carbocycles. The van der Waals surface area contributed by atoms with Crippen LogP contribution in [0.2, 0.25) is 0 Å². The molecule has 0 heterocycles. The maximum absolute atomic E-state index is 11.3. The third-order valence-corrected chi connectivity index (χ3v) is 4.60. The van der Waals surface area contributed by atoms with Gasteiger partial charge in [0.15, 0.2) is 0 Å². The number of aliphatic carboxylic acids is 1. The van der Waals surface area contributed by atoms with Gasteiger partial charge in [0.2, 0.25) is 0 Å². The van der Waals surface area contributed by atoms with E-state index in [9.17, 15) is 18.3 Å². The van der Waals surface area contributed by atoms with Crippen molar-refractivity contribution in [3.05, 3.63) is 0 Å². The molecule has 1 fully saturated rings. The lowest BCUT2D eigenvalue weighted by Gasteiger charge is -2.31. The van der Waals surface area contributed by atoms with Crippen LogP contribution in [0.1, 0.15) is 32.1 Å². The minimum atomic E-state index is -2.99. The third kappa shape index (κ3) is 4.94. The molecular weight excluding hydrogens is 254 g/mol. The third-order valence-electron chi connectivity index (χ3n) is 3.68. The fourth-order valence-corrected chi connectivity index (χ4v) is 3.20. The van der Waals surface area contributed by atoms with Gasteiger partial charge in [0.25, 0.3) is 0 Å². The number of hydrogen-bond acceptors (Lipinski definition) is 4. The summed E-state index contributed by atoms with van der Waals surface area (Å²) in [5.74, 6) is -1.03. The Hall–Kier alpha value is -0.620. The van der Waals surface area contributed by atoms with Crippen LogP contribution < -0.4 is 0 Å². The van der Waals surface area contributed by atoms with E-state index in [1.807, 2.05) is 11.9 Å². The number of rotatable bonds is 5. The molecule has 0 aromatic heterocycles. The van der Waals surface area contributed by atoms with Crippen LogP contribution in [0.5, 0.6) is 0 Å². The molecule has 0 aromatic carbocycles. The Balaban J connectivity index is 2.66. The van der Waals surface area contributed by atoms with E-state index in [1.165, 1.54) is 6.26 Å². The fourth-order valence-electron chi connectivity index (χ4n) is 2.58. The first-order valence-corrected chi connectivity index (χ1v) is 8.48. The topological polar surface area (TPSA) is 74.7 Å². The van der Waals surface area contributed by atoms with Gasteiger partial charge in [-0.3, -0.25) is 4.79 Å². The average molecular weight is 277 g/mol. The van der Waals surface area contributed by atoms with Gasteiger partial charge in [-0.25, -0.2) is 8.42 Å². The van der Waals surface area contributed by atoms with E-state index in [0.29, 0.717) is 13.0 Å². The summed E-state index contributed by atoms with van der Waals surface area (Å²) in [6.07, 6.45) is 5.80. The average Bonchev–Trinajstić information content (AvgIpc) is 2.49. The standard InChI is InChI=1S/C12H23NO4S/c1-13(8-9-18(2,16)17)11-7-5-3-4-6-10(11)12(14)15/h10-11H,3-9H2,1-2H3,(H,14,15). The highest BCUT2D eigenvalue weighted by molar-refractivity contribution is 7.90. The first-order valence-electron chi connectivity index (χ1n) is 6.42. The molecule has 1 rings (SSSR count). The maximum Gasteiger partial charge on any atom is 0.308 e. The van der Waals surface area contributed by atoms with Crippen LogP contribution in [0.25, 0.3) is 0 Å². The highest BCUT2D eigenvalue weighted by Crippen LogP contribution is 2.27. The van der Waals surface area contributed by atoms with E-state index in [4.69, 9.17) is 0 Å². The molecule has 0 spiro atoms. The van der Waals surface area contributed by atoms with Crippen molar-refractivity contribution < 1.29 is 18.3 Å². The molecule has 2 unspecified atom stereocenters. The van der Waals surface area contributed by atoms with E-state index in [1.54, 1.807) is 0 Å². The maximum atomic E-state index is 11.3. The Morgan fingerprint density at radius 3 is 2.44 bits per heavy atom. The lowest BCUT2D eigenvalue weighted by Crippen LogP contribution is -2.42. The van der Waals surface area contributed by atoms with Crippen molar-refractivity contribution in [1.82, 2.24) is 4.90 Å². The molecule has 0 amide bonds. The fraction of sp³-hybridized carbons (Fsp3) is 0.917. The zero-order chi connectivity index (χ0) is 13.8. The van der Waals surface area contributed by atoms with Crippen LogP contribution in [0, 0.1) is 5.92 Å². The summed E-state index contributed by atoms with van der Waals surface area (Å²) in [7, 11) is -1.16. The molecule has 6 heteroatoms. The molecule has 0 bridgehead atoms. The zero-order valence-electron chi connectivity index (χ0n) is 11.1. The van der Waals surface area contributed by atoms with Crippen molar-refractivity contribution in [3.8, 4) is 0 Å². The first-order chi connectivity index (χ1) is 8.31. The highest BCUT2D eigenvalue weighted by Gasteiger charge is 2.32. The van der Waals surface area contributed by atoms with E-state index in [2.05, 4.69) is 0 Å². The Morgan fingerprint density at radius 1 is 1.28 bits per heavy atom. The van der Waals surface area contributed by atoms with Crippen molar-refractivity contribution in [1.29, 1.82) is 0 Å². The molecule has 1 N–H and O–H groups in total. The number of nitrogens with zero attached hydrogens (tertiary/aromatic N) is 1. The van der Waals surface area contributed by atoms with Crippen molar-refractivity contribution in [2.45, 2.75) is 38.1 Å². The van der Waals surface area contributed by atoms with Crippen LogP contribution in [0.4, 0.5) is 0 Å². The molecule has 106 valence electrons. The SMILES string of the molecule is CN(CCS(C)(=O)=O)C1CCCCCC1C(=O)O. The van der Waals surface area contributed by atoms with E-state index in [0.717, 1.165) is 25.7 Å². The highest BCUT2D eigenvalue weighted by atomic mass is 32.2. The lowest BCUT2D eigenvalue weighted by molar-refractivity contribution is -0.144. The molecule has 0 radical (unpaired) electrons. The van der Waals surface area contributed by atoms with Gasteiger partial charge in [0.05, 0.1) is 11.7 Å². The lowest BCUT2D eigenvalue weighted by atomic mass is 9.94. The van der Waals surface area contributed by atoms with Gasteiger partial charge in [0.1, 0.15) is 9.84 Å². The van der Waals surface area contributed by atoms with Crippen molar-refractivity contribution in [3.63, 3.8) is 0 Å². The quantitative estimate of drug-likeness (QED) is 0.759. The normalized spacial score (nSPS) is 25.9. The summed E-state index contributed by atoms with van der Waals surface area (Å²) in [5, 5.41) is 9.27. The summed E-state index contributed by atoms with van der Waals surface area (Å²) in [4.78, 5) is 13.2. The van der Waals surface area contributed by atoms with Crippen LogP contribution in [0.3, 0.4) is 0 Å². The van der Waals surface area contributed by atoms with E-state index >= 15 is 0 Å². The largest absolute Gasteiger partial charge is 0.481 e. The second-order valence-electron chi connectivity index (χ2n) is 5.26. The Bertz CT molecular complexity index is 380. The molecular formula is C12H23NO4S. The summed E-state index contributed by atoms with van der Waals surface area (Å²) in [5.41, 5.74) is 0. The molecule has 1 aliphatic rings. The minimum absolute atomic E-state index is 0.0354. The molecule has 0 saturated heterocycles. The smallest absolute Gasteiger partial charge is 0.308 e. The molecule has 18 heavy (non-hydrogen) atoms. The Morgan fingerprint density at radius 2 is 1.89 bits per heavy atom. The second kappa shape index (κ2) is 6.52. The Kier molecular flexibility index (Phi) is 5.59. The summed E-state index contributed by atoms with van der Waals surface area (Å²) >= 11 is 0. The van der Waals surface area contributed by atoms with Crippen molar-refractivity contribution in [2.24, 2.45) is 5.92 Å². The van der Waals surface area contributed by atoms with Gasteiger partial charge in [-0.2, -0.15) is 0 Å². The summed E-state index contributed by atoms with van der Waals surface area (Å²) in [6, 6.07) is -0.0354. The summed E-state index contributed by atoms with van der Waals surface area (Å²) in [6.45, 7) is 0.410. The Labute approximate surface area is 109 Å². The predicted molar refractivity (Wildman–Crippen MR) is 70.3 cm³/mol. The van der Waals surface area contributed by atoms with Crippen LogP contribution >= 0.6 is 0 Å². The number of carboxylic acid groups (broad SMARTS) is 1. The van der Waals surface area contributed by atoms with E-state index in [-0.39, 0.29) is 17.7 Å². The molecule has 0 aromatic rings. The number of carbonyl (C=O) groups is 1. The molecule has 2 atom stereocenters. The van der Waals surface area contributed by atoms with Gasteiger partial charge in [-0.05, 0) is 19.9 Å².